The molecule has 0 spiro atoms. The molecule has 1 atom stereocenters. The van der Waals surface area contributed by atoms with Gasteiger partial charge in [0.05, 0.1) is 4.92 Å². The van der Waals surface area contributed by atoms with Gasteiger partial charge in [-0.3, -0.25) is 20.2 Å². The van der Waals surface area contributed by atoms with Crippen LogP contribution in [0.25, 0.3) is 0 Å². The van der Waals surface area contributed by atoms with E-state index in [-0.39, 0.29) is 12.1 Å². The molecule has 7 nitrogen and oxygen atoms in total. The van der Waals surface area contributed by atoms with Crippen LogP contribution in [-0.4, -0.2) is 22.4 Å². The molecule has 0 aliphatic carbocycles. The molecular formula is C11H11N3O4. The first-order valence-corrected chi connectivity index (χ1v) is 5.28. The van der Waals surface area contributed by atoms with E-state index >= 15 is 0 Å². The fourth-order valence-corrected chi connectivity index (χ4v) is 1.92. The summed E-state index contributed by atoms with van der Waals surface area (Å²) in [5.74, 6) is -0.481. The highest BCUT2D eigenvalue weighted by Crippen LogP contribution is 2.24. The maximum atomic E-state index is 11.6. The monoisotopic (exact) mass is 249 g/mol. The first-order valence-electron chi connectivity index (χ1n) is 5.28. The lowest BCUT2D eigenvalue weighted by Crippen LogP contribution is -2.45. The summed E-state index contributed by atoms with van der Waals surface area (Å²) in [4.78, 5) is 33.1. The Balaban J connectivity index is 2.32. The molecule has 1 aliphatic rings. The highest BCUT2D eigenvalue weighted by molar-refractivity contribution is 6.06. The van der Waals surface area contributed by atoms with Gasteiger partial charge >= 0.3 is 6.03 Å². The lowest BCUT2D eigenvalue weighted by atomic mass is 9.92. The summed E-state index contributed by atoms with van der Waals surface area (Å²) in [7, 11) is 0. The predicted octanol–water partition coefficient (Wildman–Crippen LogP) is 0.735. The molecular weight excluding hydrogens is 238 g/mol. The molecule has 7 heteroatoms. The maximum absolute atomic E-state index is 11.6. The van der Waals surface area contributed by atoms with Crippen LogP contribution in [0.4, 0.5) is 10.5 Å². The minimum absolute atomic E-state index is 0.0623. The second-order valence-electron chi connectivity index (χ2n) is 4.30. The molecule has 18 heavy (non-hydrogen) atoms. The van der Waals surface area contributed by atoms with Gasteiger partial charge in [0.25, 0.3) is 11.6 Å². The number of nitro benzene ring substituents is 1. The van der Waals surface area contributed by atoms with E-state index in [0.29, 0.717) is 5.56 Å². The number of rotatable bonds is 3. The van der Waals surface area contributed by atoms with Gasteiger partial charge in [0, 0.05) is 18.1 Å². The van der Waals surface area contributed by atoms with Crippen molar-refractivity contribution in [1.82, 2.24) is 10.6 Å². The summed E-state index contributed by atoms with van der Waals surface area (Å²) in [6, 6.07) is 5.56. The third-order valence-electron chi connectivity index (χ3n) is 2.85. The van der Waals surface area contributed by atoms with E-state index in [0.717, 1.165) is 0 Å². The molecule has 1 fully saturated rings. The number of hydrogen-bond donors (Lipinski definition) is 2. The van der Waals surface area contributed by atoms with E-state index in [9.17, 15) is 19.7 Å². The predicted molar refractivity (Wildman–Crippen MR) is 61.9 cm³/mol. The average molecular weight is 249 g/mol. The molecule has 1 saturated heterocycles. The summed E-state index contributed by atoms with van der Waals surface area (Å²) in [6.45, 7) is 1.53. The van der Waals surface area contributed by atoms with Crippen LogP contribution in [-0.2, 0) is 11.2 Å². The number of carbonyl (C=O) groups is 2. The van der Waals surface area contributed by atoms with Crippen LogP contribution in [0.15, 0.2) is 24.3 Å². The number of para-hydroxylation sites is 1. The summed E-state index contributed by atoms with van der Waals surface area (Å²) < 4.78 is 0. The first-order chi connectivity index (χ1) is 8.42. The van der Waals surface area contributed by atoms with Gasteiger partial charge in [-0.2, -0.15) is 0 Å². The molecule has 3 amide bonds. The fraction of sp³-hybridized carbons (Fsp3) is 0.273. The highest BCUT2D eigenvalue weighted by Gasteiger charge is 2.42. The zero-order valence-electron chi connectivity index (χ0n) is 9.60. The maximum Gasteiger partial charge on any atom is 0.322 e. The highest BCUT2D eigenvalue weighted by atomic mass is 16.6. The molecule has 0 radical (unpaired) electrons. The van der Waals surface area contributed by atoms with Gasteiger partial charge in [0.15, 0.2) is 0 Å². The van der Waals surface area contributed by atoms with E-state index < -0.39 is 22.4 Å². The molecule has 2 rings (SSSR count). The van der Waals surface area contributed by atoms with Crippen molar-refractivity contribution in [2.45, 2.75) is 18.9 Å². The Morgan fingerprint density at radius 1 is 1.33 bits per heavy atom. The van der Waals surface area contributed by atoms with Crippen molar-refractivity contribution in [3.63, 3.8) is 0 Å². The SMILES string of the molecule is CC1(Cc2ccccc2[N+](=O)[O-])NC(=O)NC1=O. The van der Waals surface area contributed by atoms with Crippen molar-refractivity contribution >= 4 is 17.6 Å². The lowest BCUT2D eigenvalue weighted by molar-refractivity contribution is -0.385. The van der Waals surface area contributed by atoms with Crippen molar-refractivity contribution in [2.75, 3.05) is 0 Å². The fourth-order valence-electron chi connectivity index (χ4n) is 1.92. The molecule has 0 bridgehead atoms. The second-order valence-corrected chi connectivity index (χ2v) is 4.30. The van der Waals surface area contributed by atoms with Crippen LogP contribution < -0.4 is 10.6 Å². The Labute approximate surface area is 102 Å². The third-order valence-corrected chi connectivity index (χ3v) is 2.85. The van der Waals surface area contributed by atoms with Crippen molar-refractivity contribution < 1.29 is 14.5 Å². The number of nitrogens with one attached hydrogen (secondary N) is 2. The van der Waals surface area contributed by atoms with Crippen LogP contribution in [0.5, 0.6) is 0 Å². The van der Waals surface area contributed by atoms with E-state index in [1.165, 1.54) is 13.0 Å². The smallest absolute Gasteiger partial charge is 0.322 e. The standard InChI is InChI=1S/C11H11N3O4/c1-11(9(15)12-10(16)13-11)6-7-4-2-3-5-8(7)14(17)18/h2-5H,6H2,1H3,(H2,12,13,15,16). The van der Waals surface area contributed by atoms with Crippen molar-refractivity contribution in [3.05, 3.63) is 39.9 Å². The molecule has 2 N–H and O–H groups in total. The van der Waals surface area contributed by atoms with Gasteiger partial charge in [0.2, 0.25) is 0 Å². The van der Waals surface area contributed by atoms with Crippen LogP contribution in [0, 0.1) is 10.1 Å². The topological polar surface area (TPSA) is 101 Å². The van der Waals surface area contributed by atoms with E-state index in [2.05, 4.69) is 10.6 Å². The number of imide groups is 1. The normalized spacial score (nSPS) is 22.5. The number of nitro groups is 1. The molecule has 1 aromatic rings. The van der Waals surface area contributed by atoms with Crippen molar-refractivity contribution in [3.8, 4) is 0 Å². The van der Waals surface area contributed by atoms with Gasteiger partial charge < -0.3 is 5.32 Å². The van der Waals surface area contributed by atoms with Crippen LogP contribution >= 0.6 is 0 Å². The molecule has 0 aromatic heterocycles. The molecule has 1 aromatic carbocycles. The van der Waals surface area contributed by atoms with Crippen LogP contribution in [0.2, 0.25) is 0 Å². The zero-order valence-corrected chi connectivity index (χ0v) is 9.60. The molecule has 94 valence electrons. The molecule has 1 aliphatic heterocycles. The summed E-state index contributed by atoms with van der Waals surface area (Å²) in [5, 5.41) is 15.5. The van der Waals surface area contributed by atoms with Gasteiger partial charge in [-0.25, -0.2) is 4.79 Å². The Morgan fingerprint density at radius 2 is 2.00 bits per heavy atom. The van der Waals surface area contributed by atoms with E-state index in [1.54, 1.807) is 18.2 Å². The van der Waals surface area contributed by atoms with Gasteiger partial charge in [0.1, 0.15) is 5.54 Å². The largest absolute Gasteiger partial charge is 0.323 e. The van der Waals surface area contributed by atoms with E-state index in [4.69, 9.17) is 0 Å². The number of carbonyl (C=O) groups excluding carboxylic acids is 2. The quantitative estimate of drug-likeness (QED) is 0.468. The minimum atomic E-state index is -1.15. The number of hydrogen-bond acceptors (Lipinski definition) is 4. The van der Waals surface area contributed by atoms with Crippen LogP contribution in [0.3, 0.4) is 0 Å². The number of benzene rings is 1. The number of urea groups is 1. The Kier molecular flexibility index (Phi) is 2.74. The van der Waals surface area contributed by atoms with E-state index in [1.807, 2.05) is 0 Å². The summed E-state index contributed by atoms with van der Waals surface area (Å²) in [5.41, 5.74) is -0.807. The van der Waals surface area contributed by atoms with Crippen molar-refractivity contribution in [1.29, 1.82) is 0 Å². The molecule has 1 heterocycles. The van der Waals surface area contributed by atoms with Gasteiger partial charge in [-0.05, 0) is 6.92 Å². The van der Waals surface area contributed by atoms with Gasteiger partial charge in [-0.1, -0.05) is 18.2 Å². The van der Waals surface area contributed by atoms with Crippen LogP contribution in [0.1, 0.15) is 12.5 Å². The molecule has 0 saturated carbocycles. The lowest BCUT2D eigenvalue weighted by Gasteiger charge is -2.20. The summed E-state index contributed by atoms with van der Waals surface area (Å²) >= 11 is 0. The second kappa shape index (κ2) is 4.10. The summed E-state index contributed by atoms with van der Waals surface area (Å²) in [6.07, 6.45) is 0.0712. The Bertz CT molecular complexity index is 543. The minimum Gasteiger partial charge on any atom is -0.323 e. The third kappa shape index (κ3) is 2.02. The zero-order chi connectivity index (χ0) is 13.3. The molecule has 1 unspecified atom stereocenters. The first kappa shape index (κ1) is 12.0. The number of nitrogens with zero attached hydrogens (tertiary/aromatic N) is 1. The number of amides is 3. The van der Waals surface area contributed by atoms with Gasteiger partial charge in [-0.15, -0.1) is 0 Å². The van der Waals surface area contributed by atoms with Crippen molar-refractivity contribution in [2.24, 2.45) is 0 Å². The Hall–Kier alpha value is -2.44. The Morgan fingerprint density at radius 3 is 2.56 bits per heavy atom. The average Bonchev–Trinajstić information content (AvgIpc) is 2.52.